The molecule has 21 heavy (non-hydrogen) atoms. The second-order valence-electron chi connectivity index (χ2n) is 4.72. The minimum absolute atomic E-state index is 0.0518. The second kappa shape index (κ2) is 5.78. The van der Waals surface area contributed by atoms with E-state index in [1.165, 1.54) is 28.7 Å². The summed E-state index contributed by atoms with van der Waals surface area (Å²) in [4.78, 5) is 40.3. The van der Waals surface area contributed by atoms with Crippen LogP contribution in [0.2, 0.25) is 0 Å². The van der Waals surface area contributed by atoms with Crippen LogP contribution in [0, 0.1) is 0 Å². The number of aromatic nitrogens is 4. The Labute approximate surface area is 120 Å². The fourth-order valence-corrected chi connectivity index (χ4v) is 2.11. The van der Waals surface area contributed by atoms with Crippen LogP contribution in [0.1, 0.15) is 23.7 Å². The fourth-order valence-electron chi connectivity index (χ4n) is 2.11. The quantitative estimate of drug-likeness (QED) is 0.756. The van der Waals surface area contributed by atoms with Crippen LogP contribution in [0.5, 0.6) is 0 Å². The van der Waals surface area contributed by atoms with Crippen LogP contribution in [0.3, 0.4) is 0 Å². The van der Waals surface area contributed by atoms with Crippen LogP contribution in [0.15, 0.2) is 28.3 Å². The minimum Gasteiger partial charge on any atom is -0.384 e. The molecule has 8 heteroatoms. The fraction of sp³-hybridized carbons (Fsp3) is 0.385. The van der Waals surface area contributed by atoms with Crippen LogP contribution < -0.4 is 17.0 Å². The molecule has 2 rings (SSSR count). The zero-order valence-electron chi connectivity index (χ0n) is 11.9. The zero-order valence-corrected chi connectivity index (χ0v) is 11.9. The molecule has 0 amide bonds. The molecule has 2 aromatic rings. The molecule has 0 spiro atoms. The molecule has 0 fully saturated rings. The second-order valence-corrected chi connectivity index (χ2v) is 4.72. The van der Waals surface area contributed by atoms with E-state index in [0.29, 0.717) is 13.0 Å². The van der Waals surface area contributed by atoms with Gasteiger partial charge in [-0.05, 0) is 6.42 Å². The van der Waals surface area contributed by atoms with Gasteiger partial charge in [0.1, 0.15) is 11.4 Å². The molecule has 0 aliphatic rings. The van der Waals surface area contributed by atoms with Crippen LogP contribution in [-0.2, 0) is 20.1 Å². The molecule has 0 saturated carbocycles. The number of hydrogen-bond donors (Lipinski definition) is 1. The van der Waals surface area contributed by atoms with E-state index in [1.807, 2.05) is 6.92 Å². The lowest BCUT2D eigenvalue weighted by Gasteiger charge is -2.13. The number of nitrogens with zero attached hydrogens (tertiary/aromatic N) is 4. The number of imidazole rings is 1. The Bertz CT molecular complexity index is 770. The number of hydrogen-bond acceptors (Lipinski definition) is 5. The van der Waals surface area contributed by atoms with Gasteiger partial charge in [0.25, 0.3) is 5.56 Å². The Morgan fingerprint density at radius 3 is 2.67 bits per heavy atom. The van der Waals surface area contributed by atoms with Crippen LogP contribution >= 0.6 is 0 Å². The number of rotatable bonds is 5. The summed E-state index contributed by atoms with van der Waals surface area (Å²) in [5, 5.41) is 0. The normalized spacial score (nSPS) is 10.8. The van der Waals surface area contributed by atoms with Crippen molar-refractivity contribution >= 4 is 11.6 Å². The van der Waals surface area contributed by atoms with Gasteiger partial charge in [0.2, 0.25) is 0 Å². The number of nitrogen functional groups attached to an aromatic ring is 1. The highest BCUT2D eigenvalue weighted by Gasteiger charge is 2.21. The van der Waals surface area contributed by atoms with Gasteiger partial charge >= 0.3 is 5.69 Å². The summed E-state index contributed by atoms with van der Waals surface area (Å²) in [6.07, 6.45) is 5.28. The summed E-state index contributed by atoms with van der Waals surface area (Å²) in [6, 6.07) is 0. The molecular weight excluding hydrogens is 274 g/mol. The standard InChI is InChI=1S/C13H17N5O3/c1-3-5-18-11(14)10(12(20)16(2)13(18)21)9(19)7-17-6-4-15-8-17/h4,6,8H,3,5,7,14H2,1-2H3. The summed E-state index contributed by atoms with van der Waals surface area (Å²) in [6.45, 7) is 2.18. The summed E-state index contributed by atoms with van der Waals surface area (Å²) in [5.41, 5.74) is 4.53. The summed E-state index contributed by atoms with van der Waals surface area (Å²) < 4.78 is 3.70. The van der Waals surface area contributed by atoms with E-state index in [9.17, 15) is 14.4 Å². The van der Waals surface area contributed by atoms with E-state index in [-0.39, 0.29) is 17.9 Å². The smallest absolute Gasteiger partial charge is 0.332 e. The maximum atomic E-state index is 12.3. The average Bonchev–Trinajstić information content (AvgIpc) is 2.94. The van der Waals surface area contributed by atoms with E-state index < -0.39 is 17.0 Å². The molecule has 112 valence electrons. The molecule has 2 heterocycles. The van der Waals surface area contributed by atoms with Gasteiger partial charge in [-0.1, -0.05) is 6.92 Å². The van der Waals surface area contributed by atoms with Gasteiger partial charge in [-0.3, -0.25) is 18.7 Å². The third-order valence-corrected chi connectivity index (χ3v) is 3.19. The highest BCUT2D eigenvalue weighted by atomic mass is 16.2. The lowest BCUT2D eigenvalue weighted by molar-refractivity contribution is 0.0970. The molecular formula is C13H17N5O3. The van der Waals surface area contributed by atoms with E-state index in [2.05, 4.69) is 4.98 Å². The zero-order chi connectivity index (χ0) is 15.6. The minimum atomic E-state index is -0.671. The van der Waals surface area contributed by atoms with Crippen LogP contribution in [0.4, 0.5) is 5.82 Å². The molecule has 8 nitrogen and oxygen atoms in total. The highest BCUT2D eigenvalue weighted by Crippen LogP contribution is 2.07. The highest BCUT2D eigenvalue weighted by molar-refractivity contribution is 5.99. The molecule has 0 atom stereocenters. The Morgan fingerprint density at radius 1 is 1.38 bits per heavy atom. The third kappa shape index (κ3) is 2.64. The number of nitrogens with two attached hydrogens (primary N) is 1. The third-order valence-electron chi connectivity index (χ3n) is 3.19. The van der Waals surface area contributed by atoms with E-state index in [1.54, 1.807) is 6.20 Å². The van der Waals surface area contributed by atoms with Gasteiger partial charge in [-0.15, -0.1) is 0 Å². The molecule has 0 aromatic carbocycles. The lowest BCUT2D eigenvalue weighted by atomic mass is 10.2. The van der Waals surface area contributed by atoms with Crippen molar-refractivity contribution in [3.8, 4) is 0 Å². The van der Waals surface area contributed by atoms with Gasteiger partial charge in [0.05, 0.1) is 12.9 Å². The van der Waals surface area contributed by atoms with E-state index >= 15 is 0 Å². The first kappa shape index (κ1) is 14.8. The number of anilines is 1. The number of ketones is 1. The molecule has 0 radical (unpaired) electrons. The summed E-state index contributed by atoms with van der Waals surface area (Å²) >= 11 is 0. The van der Waals surface area contributed by atoms with Crippen molar-refractivity contribution in [2.24, 2.45) is 7.05 Å². The van der Waals surface area contributed by atoms with E-state index in [0.717, 1.165) is 4.57 Å². The summed E-state index contributed by atoms with van der Waals surface area (Å²) in [7, 11) is 1.34. The van der Waals surface area contributed by atoms with Crippen molar-refractivity contribution in [3.63, 3.8) is 0 Å². The Kier molecular flexibility index (Phi) is 4.06. The van der Waals surface area contributed by atoms with Crippen molar-refractivity contribution in [3.05, 3.63) is 45.1 Å². The molecule has 0 aliphatic heterocycles. The van der Waals surface area contributed by atoms with E-state index in [4.69, 9.17) is 5.73 Å². The Hall–Kier alpha value is -2.64. The SMILES string of the molecule is CCCn1c(N)c(C(=O)Cn2ccnc2)c(=O)n(C)c1=O. The van der Waals surface area contributed by atoms with Crippen molar-refractivity contribution < 1.29 is 4.79 Å². The molecule has 2 N–H and O–H groups in total. The lowest BCUT2D eigenvalue weighted by Crippen LogP contribution is -2.43. The molecule has 0 saturated heterocycles. The van der Waals surface area contributed by atoms with Gasteiger partial charge in [0.15, 0.2) is 5.78 Å². The molecule has 0 bridgehead atoms. The largest absolute Gasteiger partial charge is 0.384 e. The first-order chi connectivity index (χ1) is 9.97. The maximum absolute atomic E-state index is 12.3. The molecule has 0 unspecified atom stereocenters. The Morgan fingerprint density at radius 2 is 2.10 bits per heavy atom. The predicted octanol–water partition coefficient (Wildman–Crippen LogP) is -0.381. The van der Waals surface area contributed by atoms with Crippen LogP contribution in [-0.4, -0.2) is 24.5 Å². The van der Waals surface area contributed by atoms with Crippen molar-refractivity contribution in [2.75, 3.05) is 5.73 Å². The summed E-state index contributed by atoms with van der Waals surface area (Å²) in [5.74, 6) is -0.522. The monoisotopic (exact) mass is 291 g/mol. The van der Waals surface area contributed by atoms with Gasteiger partial charge in [-0.2, -0.15) is 0 Å². The van der Waals surface area contributed by atoms with Crippen molar-refractivity contribution in [1.82, 2.24) is 18.7 Å². The molecule has 2 aromatic heterocycles. The first-order valence-electron chi connectivity index (χ1n) is 6.55. The number of carbonyl (C=O) groups is 1. The van der Waals surface area contributed by atoms with Gasteiger partial charge < -0.3 is 10.3 Å². The predicted molar refractivity (Wildman–Crippen MR) is 77.2 cm³/mol. The number of Topliss-reactive ketones (excluding diaryl/α,β-unsaturated/α-hetero) is 1. The van der Waals surface area contributed by atoms with Crippen molar-refractivity contribution in [2.45, 2.75) is 26.4 Å². The first-order valence-corrected chi connectivity index (χ1v) is 6.55. The average molecular weight is 291 g/mol. The number of carbonyl (C=O) groups excluding carboxylic acids is 1. The van der Waals surface area contributed by atoms with Gasteiger partial charge in [-0.25, -0.2) is 9.78 Å². The Balaban J connectivity index is 2.55. The van der Waals surface area contributed by atoms with Crippen LogP contribution in [0.25, 0.3) is 0 Å². The topological polar surface area (TPSA) is 105 Å². The maximum Gasteiger partial charge on any atom is 0.332 e. The molecule has 0 aliphatic carbocycles. The van der Waals surface area contributed by atoms with Gasteiger partial charge in [0, 0.05) is 26.0 Å². The van der Waals surface area contributed by atoms with Crippen molar-refractivity contribution in [1.29, 1.82) is 0 Å².